The van der Waals surface area contributed by atoms with Gasteiger partial charge in [-0.2, -0.15) is 0 Å². The number of nitrogens with zero attached hydrogens (tertiary/aromatic N) is 2. The summed E-state index contributed by atoms with van der Waals surface area (Å²) in [6, 6.07) is 11.3. The highest BCUT2D eigenvalue weighted by atomic mass is 16.1. The number of likely N-dealkylation sites (N-methyl/N-ethyl adjacent to an activating group) is 1. The highest BCUT2D eigenvalue weighted by Crippen LogP contribution is 2.29. The van der Waals surface area contributed by atoms with E-state index >= 15 is 0 Å². The predicted molar refractivity (Wildman–Crippen MR) is 75.6 cm³/mol. The maximum atomic E-state index is 12.0. The van der Waals surface area contributed by atoms with Gasteiger partial charge in [0.15, 0.2) is 0 Å². The van der Waals surface area contributed by atoms with Gasteiger partial charge < -0.3 is 10.2 Å². The summed E-state index contributed by atoms with van der Waals surface area (Å²) in [5.74, 6) is -0.179. The minimum atomic E-state index is -0.179. The molecule has 1 aliphatic heterocycles. The van der Waals surface area contributed by atoms with E-state index in [0.717, 1.165) is 18.7 Å². The maximum absolute atomic E-state index is 12.0. The first-order valence-electron chi connectivity index (χ1n) is 6.30. The van der Waals surface area contributed by atoms with Crippen LogP contribution in [0.25, 0.3) is 0 Å². The monoisotopic (exact) mass is 253 g/mol. The Morgan fingerprint density at radius 2 is 2.21 bits per heavy atom. The van der Waals surface area contributed by atoms with Gasteiger partial charge >= 0.3 is 0 Å². The summed E-state index contributed by atoms with van der Waals surface area (Å²) >= 11 is 0. The van der Waals surface area contributed by atoms with Crippen LogP contribution in [0.1, 0.15) is 16.1 Å². The van der Waals surface area contributed by atoms with E-state index in [0.29, 0.717) is 5.69 Å². The third-order valence-corrected chi connectivity index (χ3v) is 3.37. The van der Waals surface area contributed by atoms with E-state index in [1.165, 1.54) is 11.3 Å². The normalized spacial score (nSPS) is 13.2. The minimum Gasteiger partial charge on any atom is -0.374 e. The third-order valence-electron chi connectivity index (χ3n) is 3.37. The molecule has 4 nitrogen and oxygen atoms in total. The molecule has 1 N–H and O–H groups in total. The number of benzene rings is 1. The second-order valence-corrected chi connectivity index (χ2v) is 4.68. The van der Waals surface area contributed by atoms with E-state index in [4.69, 9.17) is 0 Å². The topological polar surface area (TPSA) is 45.2 Å². The molecule has 0 radical (unpaired) electrons. The zero-order valence-electron chi connectivity index (χ0n) is 10.8. The molecule has 0 fully saturated rings. The molecule has 1 aromatic carbocycles. The highest BCUT2D eigenvalue weighted by Gasteiger charge is 2.16. The first-order valence-corrected chi connectivity index (χ1v) is 6.30. The van der Waals surface area contributed by atoms with Crippen LogP contribution in [0.5, 0.6) is 0 Å². The van der Waals surface area contributed by atoms with Gasteiger partial charge in [0, 0.05) is 31.2 Å². The van der Waals surface area contributed by atoms with Crippen molar-refractivity contribution in [2.75, 3.05) is 23.8 Å². The Kier molecular flexibility index (Phi) is 2.91. The molecule has 2 aromatic rings. The lowest BCUT2D eigenvalue weighted by molar-refractivity contribution is 0.102. The number of carbonyl (C=O) groups is 1. The van der Waals surface area contributed by atoms with Crippen molar-refractivity contribution in [3.05, 3.63) is 53.9 Å². The van der Waals surface area contributed by atoms with Crippen LogP contribution >= 0.6 is 0 Å². The Hall–Kier alpha value is -2.36. The summed E-state index contributed by atoms with van der Waals surface area (Å²) in [6.45, 7) is 1.03. The summed E-state index contributed by atoms with van der Waals surface area (Å²) in [6.07, 6.45) is 2.69. The number of aromatic nitrogens is 1. The number of anilines is 2. The number of amides is 1. The van der Waals surface area contributed by atoms with E-state index in [1.54, 1.807) is 24.4 Å². The van der Waals surface area contributed by atoms with Crippen molar-refractivity contribution < 1.29 is 4.79 Å². The fourth-order valence-corrected chi connectivity index (χ4v) is 2.31. The Morgan fingerprint density at radius 1 is 1.32 bits per heavy atom. The Balaban J connectivity index is 1.81. The number of carbonyl (C=O) groups excluding carboxylic acids is 1. The van der Waals surface area contributed by atoms with Crippen LogP contribution in [-0.4, -0.2) is 24.5 Å². The first-order chi connectivity index (χ1) is 9.24. The second-order valence-electron chi connectivity index (χ2n) is 4.68. The summed E-state index contributed by atoms with van der Waals surface area (Å²) in [4.78, 5) is 18.2. The Labute approximate surface area is 112 Å². The second kappa shape index (κ2) is 4.72. The number of nitrogens with one attached hydrogen (secondary N) is 1. The highest BCUT2D eigenvalue weighted by molar-refractivity contribution is 6.03. The smallest absolute Gasteiger partial charge is 0.274 e. The molecule has 0 saturated carbocycles. The van der Waals surface area contributed by atoms with Crippen molar-refractivity contribution in [1.29, 1.82) is 0 Å². The van der Waals surface area contributed by atoms with Crippen LogP contribution in [0.4, 0.5) is 11.4 Å². The molecular weight excluding hydrogens is 238 g/mol. The van der Waals surface area contributed by atoms with E-state index in [2.05, 4.69) is 28.3 Å². The average Bonchev–Trinajstić information content (AvgIpc) is 2.81. The summed E-state index contributed by atoms with van der Waals surface area (Å²) in [7, 11) is 2.07. The zero-order chi connectivity index (χ0) is 13.2. The molecule has 0 saturated heterocycles. The molecule has 0 aliphatic carbocycles. The average molecular weight is 253 g/mol. The molecule has 19 heavy (non-hydrogen) atoms. The number of hydrogen-bond acceptors (Lipinski definition) is 3. The van der Waals surface area contributed by atoms with E-state index in [1.807, 2.05) is 12.1 Å². The van der Waals surface area contributed by atoms with Crippen LogP contribution in [-0.2, 0) is 6.42 Å². The summed E-state index contributed by atoms with van der Waals surface area (Å²) in [5, 5.41) is 2.88. The number of pyridine rings is 1. The molecular formula is C15H15N3O. The van der Waals surface area contributed by atoms with Crippen molar-refractivity contribution >= 4 is 17.3 Å². The van der Waals surface area contributed by atoms with E-state index < -0.39 is 0 Å². The fourth-order valence-electron chi connectivity index (χ4n) is 2.31. The molecule has 1 aromatic heterocycles. The summed E-state index contributed by atoms with van der Waals surface area (Å²) < 4.78 is 0. The van der Waals surface area contributed by atoms with Gasteiger partial charge in [0.2, 0.25) is 0 Å². The SMILES string of the molecule is CN1CCc2ccc(NC(=O)c3ccccn3)cc21. The zero-order valence-corrected chi connectivity index (χ0v) is 10.8. The minimum absolute atomic E-state index is 0.179. The third kappa shape index (κ3) is 2.29. The molecule has 2 heterocycles. The van der Waals surface area contributed by atoms with E-state index in [9.17, 15) is 4.79 Å². The summed E-state index contributed by atoms with van der Waals surface area (Å²) in [5.41, 5.74) is 3.76. The van der Waals surface area contributed by atoms with Crippen LogP contribution in [0.15, 0.2) is 42.6 Å². The van der Waals surface area contributed by atoms with Crippen LogP contribution in [0.3, 0.4) is 0 Å². The molecule has 0 bridgehead atoms. The van der Waals surface area contributed by atoms with Crippen LogP contribution < -0.4 is 10.2 Å². The lowest BCUT2D eigenvalue weighted by Gasteiger charge is -2.13. The van der Waals surface area contributed by atoms with Gasteiger partial charge in [0.25, 0.3) is 5.91 Å². The van der Waals surface area contributed by atoms with Gasteiger partial charge in [-0.1, -0.05) is 12.1 Å². The number of fused-ring (bicyclic) bond motifs is 1. The van der Waals surface area contributed by atoms with E-state index in [-0.39, 0.29) is 5.91 Å². The number of hydrogen-bond donors (Lipinski definition) is 1. The van der Waals surface area contributed by atoms with Crippen molar-refractivity contribution in [2.45, 2.75) is 6.42 Å². The largest absolute Gasteiger partial charge is 0.374 e. The van der Waals surface area contributed by atoms with Crippen molar-refractivity contribution in [2.24, 2.45) is 0 Å². The fraction of sp³-hybridized carbons (Fsp3) is 0.200. The van der Waals surface area contributed by atoms with Crippen LogP contribution in [0.2, 0.25) is 0 Å². The Morgan fingerprint density at radius 3 is 3.00 bits per heavy atom. The molecule has 0 atom stereocenters. The first kappa shape index (κ1) is 11.7. The van der Waals surface area contributed by atoms with Gasteiger partial charge in [-0.3, -0.25) is 9.78 Å². The van der Waals surface area contributed by atoms with Gasteiger partial charge in [0.1, 0.15) is 5.69 Å². The molecule has 0 unspecified atom stereocenters. The standard InChI is InChI=1S/C15H15N3O/c1-18-9-7-11-5-6-12(10-14(11)18)17-15(19)13-4-2-3-8-16-13/h2-6,8,10H,7,9H2,1H3,(H,17,19). The molecule has 3 rings (SSSR count). The quantitative estimate of drug-likeness (QED) is 0.893. The van der Waals surface area contributed by atoms with Gasteiger partial charge in [0.05, 0.1) is 0 Å². The van der Waals surface area contributed by atoms with Gasteiger partial charge in [-0.05, 0) is 36.2 Å². The maximum Gasteiger partial charge on any atom is 0.274 e. The van der Waals surface area contributed by atoms with Gasteiger partial charge in [-0.15, -0.1) is 0 Å². The number of rotatable bonds is 2. The molecule has 4 heteroatoms. The molecule has 96 valence electrons. The van der Waals surface area contributed by atoms with Gasteiger partial charge in [-0.25, -0.2) is 0 Å². The van der Waals surface area contributed by atoms with Crippen molar-refractivity contribution in [1.82, 2.24) is 4.98 Å². The molecule has 1 aliphatic rings. The van der Waals surface area contributed by atoms with Crippen molar-refractivity contribution in [3.63, 3.8) is 0 Å². The lowest BCUT2D eigenvalue weighted by atomic mass is 10.1. The molecule has 1 amide bonds. The molecule has 0 spiro atoms. The predicted octanol–water partition coefficient (Wildman–Crippen LogP) is 2.33. The lowest BCUT2D eigenvalue weighted by Crippen LogP contribution is -2.15. The van der Waals surface area contributed by atoms with Crippen LogP contribution in [0, 0.1) is 0 Å². The Bertz CT molecular complexity index is 610. The van der Waals surface area contributed by atoms with Crippen molar-refractivity contribution in [3.8, 4) is 0 Å².